The second-order valence-electron chi connectivity index (χ2n) is 3.98. The van der Waals surface area contributed by atoms with E-state index in [9.17, 15) is 0 Å². The van der Waals surface area contributed by atoms with E-state index < -0.39 is 0 Å². The maximum Gasteiger partial charge on any atom is 0.118 e. The number of halogens is 1. The summed E-state index contributed by atoms with van der Waals surface area (Å²) in [4.78, 5) is 2.35. The van der Waals surface area contributed by atoms with E-state index in [4.69, 9.17) is 4.74 Å². The molecule has 0 bridgehead atoms. The fourth-order valence-corrected chi connectivity index (χ4v) is 1.99. The van der Waals surface area contributed by atoms with Crippen molar-refractivity contribution in [2.45, 2.75) is 19.4 Å². The summed E-state index contributed by atoms with van der Waals surface area (Å²) in [7, 11) is 3.86. The molecule has 2 nitrogen and oxygen atoms in total. The zero-order valence-corrected chi connectivity index (χ0v) is 11.7. The fraction of sp³-hybridized carbons (Fsp3) is 0.538. The highest BCUT2D eigenvalue weighted by molar-refractivity contribution is 9.09. The van der Waals surface area contributed by atoms with Gasteiger partial charge in [0.25, 0.3) is 0 Å². The molecule has 0 radical (unpaired) electrons. The second-order valence-corrected chi connectivity index (χ2v) is 4.77. The van der Waals surface area contributed by atoms with Crippen LogP contribution in [0.25, 0.3) is 0 Å². The maximum atomic E-state index is 5.13. The number of methoxy groups -OCH3 is 1. The van der Waals surface area contributed by atoms with Crippen LogP contribution in [-0.4, -0.2) is 30.9 Å². The van der Waals surface area contributed by atoms with Crippen LogP contribution >= 0.6 is 15.9 Å². The van der Waals surface area contributed by atoms with Crippen LogP contribution in [0.15, 0.2) is 24.3 Å². The molecule has 0 saturated carbocycles. The lowest BCUT2D eigenvalue weighted by atomic mass is 10.2. The Bertz CT molecular complexity index is 286. The SMILES string of the molecule is COc1ccc(CN(C)CCCCBr)cc1. The average Bonchev–Trinajstić information content (AvgIpc) is 2.30. The van der Waals surface area contributed by atoms with Gasteiger partial charge in [0.2, 0.25) is 0 Å². The van der Waals surface area contributed by atoms with Gasteiger partial charge in [-0.1, -0.05) is 28.1 Å². The highest BCUT2D eigenvalue weighted by atomic mass is 79.9. The van der Waals surface area contributed by atoms with Crippen molar-refractivity contribution < 1.29 is 4.74 Å². The number of rotatable bonds is 7. The van der Waals surface area contributed by atoms with Crippen molar-refractivity contribution in [3.05, 3.63) is 29.8 Å². The van der Waals surface area contributed by atoms with Crippen molar-refractivity contribution >= 4 is 15.9 Å². The molecule has 1 aromatic rings. The van der Waals surface area contributed by atoms with Gasteiger partial charge in [0, 0.05) is 11.9 Å². The van der Waals surface area contributed by atoms with Crippen molar-refractivity contribution in [3.63, 3.8) is 0 Å². The Labute approximate surface area is 107 Å². The van der Waals surface area contributed by atoms with Crippen LogP contribution in [0.2, 0.25) is 0 Å². The Kier molecular flexibility index (Phi) is 6.50. The first kappa shape index (κ1) is 13.5. The summed E-state index contributed by atoms with van der Waals surface area (Å²) in [5.74, 6) is 0.922. The first-order chi connectivity index (χ1) is 7.76. The highest BCUT2D eigenvalue weighted by Gasteiger charge is 2.00. The zero-order chi connectivity index (χ0) is 11.8. The molecule has 0 atom stereocenters. The van der Waals surface area contributed by atoms with Crippen LogP contribution in [0.5, 0.6) is 5.75 Å². The van der Waals surface area contributed by atoms with E-state index in [-0.39, 0.29) is 0 Å². The molecule has 3 heteroatoms. The summed E-state index contributed by atoms with van der Waals surface area (Å²) in [5, 5.41) is 1.10. The monoisotopic (exact) mass is 285 g/mol. The van der Waals surface area contributed by atoms with Gasteiger partial charge in [-0.15, -0.1) is 0 Å². The van der Waals surface area contributed by atoms with E-state index in [0.29, 0.717) is 0 Å². The van der Waals surface area contributed by atoms with Gasteiger partial charge in [0.15, 0.2) is 0 Å². The predicted molar refractivity (Wildman–Crippen MR) is 72.4 cm³/mol. The summed E-state index contributed by atoms with van der Waals surface area (Å²) in [6.45, 7) is 2.16. The van der Waals surface area contributed by atoms with Crippen molar-refractivity contribution in [1.82, 2.24) is 4.90 Å². The Morgan fingerprint density at radius 2 is 1.88 bits per heavy atom. The molecule has 0 aliphatic rings. The summed E-state index contributed by atoms with van der Waals surface area (Å²) in [5.41, 5.74) is 1.34. The minimum absolute atomic E-state index is 0.922. The first-order valence-corrected chi connectivity index (χ1v) is 6.76. The molecule has 90 valence electrons. The second kappa shape index (κ2) is 7.69. The minimum Gasteiger partial charge on any atom is -0.497 e. The number of hydrogen-bond acceptors (Lipinski definition) is 2. The number of ether oxygens (including phenoxy) is 1. The smallest absolute Gasteiger partial charge is 0.118 e. The van der Waals surface area contributed by atoms with E-state index in [2.05, 4.69) is 40.0 Å². The van der Waals surface area contributed by atoms with Gasteiger partial charge in [0.05, 0.1) is 7.11 Å². The molecule has 0 N–H and O–H groups in total. The molecule has 0 amide bonds. The predicted octanol–water partition coefficient (Wildman–Crippen LogP) is 3.30. The Morgan fingerprint density at radius 3 is 2.44 bits per heavy atom. The van der Waals surface area contributed by atoms with Gasteiger partial charge in [0.1, 0.15) is 5.75 Å². The summed E-state index contributed by atoms with van der Waals surface area (Å²) in [6.07, 6.45) is 2.49. The van der Waals surface area contributed by atoms with Gasteiger partial charge >= 0.3 is 0 Å². The maximum absolute atomic E-state index is 5.13. The molecule has 1 aromatic carbocycles. The van der Waals surface area contributed by atoms with Crippen LogP contribution in [0.3, 0.4) is 0 Å². The zero-order valence-electron chi connectivity index (χ0n) is 10.1. The lowest BCUT2D eigenvalue weighted by Gasteiger charge is -2.16. The van der Waals surface area contributed by atoms with Gasteiger partial charge in [-0.2, -0.15) is 0 Å². The molecule has 1 rings (SSSR count). The standard InChI is InChI=1S/C13H20BrNO/c1-15(10-4-3-9-14)11-12-5-7-13(16-2)8-6-12/h5-8H,3-4,9-11H2,1-2H3. The topological polar surface area (TPSA) is 12.5 Å². The third-order valence-corrected chi connectivity index (χ3v) is 3.10. The fourth-order valence-electron chi connectivity index (χ4n) is 1.60. The molecule has 0 saturated heterocycles. The van der Waals surface area contributed by atoms with E-state index in [1.165, 1.54) is 18.4 Å². The summed E-state index contributed by atoms with van der Waals surface area (Å²) in [6, 6.07) is 8.28. The normalized spacial score (nSPS) is 10.8. The largest absolute Gasteiger partial charge is 0.497 e. The van der Waals surface area contributed by atoms with E-state index in [1.54, 1.807) is 7.11 Å². The third-order valence-electron chi connectivity index (χ3n) is 2.54. The number of alkyl halides is 1. The van der Waals surface area contributed by atoms with Crippen molar-refractivity contribution in [3.8, 4) is 5.75 Å². The van der Waals surface area contributed by atoms with Gasteiger partial charge in [-0.3, -0.25) is 0 Å². The average molecular weight is 286 g/mol. The number of unbranched alkanes of at least 4 members (excludes halogenated alkanes) is 1. The van der Waals surface area contributed by atoms with Crippen LogP contribution in [-0.2, 0) is 6.54 Å². The summed E-state index contributed by atoms with van der Waals surface area (Å²) >= 11 is 3.45. The molecular weight excluding hydrogens is 266 g/mol. The molecular formula is C13H20BrNO. The van der Waals surface area contributed by atoms with Gasteiger partial charge < -0.3 is 9.64 Å². The van der Waals surface area contributed by atoms with Crippen LogP contribution in [0.4, 0.5) is 0 Å². The van der Waals surface area contributed by atoms with Crippen molar-refractivity contribution in [1.29, 1.82) is 0 Å². The van der Waals surface area contributed by atoms with Gasteiger partial charge in [-0.25, -0.2) is 0 Å². The van der Waals surface area contributed by atoms with Crippen LogP contribution < -0.4 is 4.74 Å². The highest BCUT2D eigenvalue weighted by Crippen LogP contribution is 2.12. The number of hydrogen-bond donors (Lipinski definition) is 0. The van der Waals surface area contributed by atoms with Crippen LogP contribution in [0, 0.1) is 0 Å². The molecule has 0 heterocycles. The Hall–Kier alpha value is -0.540. The first-order valence-electron chi connectivity index (χ1n) is 5.63. The van der Waals surface area contributed by atoms with E-state index in [1.807, 2.05) is 12.1 Å². The van der Waals surface area contributed by atoms with Crippen LogP contribution in [0.1, 0.15) is 18.4 Å². The lowest BCUT2D eigenvalue weighted by molar-refractivity contribution is 0.321. The third kappa shape index (κ3) is 4.99. The molecule has 0 aromatic heterocycles. The Morgan fingerprint density at radius 1 is 1.19 bits per heavy atom. The summed E-state index contributed by atoms with van der Waals surface area (Å²) < 4.78 is 5.13. The molecule has 0 spiro atoms. The molecule has 0 unspecified atom stereocenters. The number of nitrogens with zero attached hydrogens (tertiary/aromatic N) is 1. The lowest BCUT2D eigenvalue weighted by Crippen LogP contribution is -2.19. The van der Waals surface area contributed by atoms with Crippen molar-refractivity contribution in [2.24, 2.45) is 0 Å². The Balaban J connectivity index is 2.34. The van der Waals surface area contributed by atoms with Gasteiger partial charge in [-0.05, 0) is 44.1 Å². The molecule has 16 heavy (non-hydrogen) atoms. The quantitative estimate of drug-likeness (QED) is 0.563. The van der Waals surface area contributed by atoms with E-state index >= 15 is 0 Å². The molecule has 0 aliphatic carbocycles. The van der Waals surface area contributed by atoms with Crippen molar-refractivity contribution in [2.75, 3.05) is 26.0 Å². The molecule has 0 aliphatic heterocycles. The minimum atomic E-state index is 0.922. The number of benzene rings is 1. The van der Waals surface area contributed by atoms with E-state index in [0.717, 1.165) is 24.2 Å². The molecule has 0 fully saturated rings.